The Morgan fingerprint density at radius 3 is 2.48 bits per heavy atom. The lowest BCUT2D eigenvalue weighted by Gasteiger charge is -2.26. The lowest BCUT2D eigenvalue weighted by molar-refractivity contribution is 0.359. The van der Waals surface area contributed by atoms with Gasteiger partial charge in [0.2, 0.25) is 0 Å². The molecule has 0 bridgehead atoms. The van der Waals surface area contributed by atoms with E-state index in [-0.39, 0.29) is 0 Å². The van der Waals surface area contributed by atoms with Crippen LogP contribution in [0, 0.1) is 0 Å². The molecule has 23 heavy (non-hydrogen) atoms. The van der Waals surface area contributed by atoms with Crippen LogP contribution >= 0.6 is 0 Å². The summed E-state index contributed by atoms with van der Waals surface area (Å²) in [6.45, 7) is 2.93. The predicted octanol–water partition coefficient (Wildman–Crippen LogP) is 4.12. The van der Waals surface area contributed by atoms with Crippen molar-refractivity contribution in [3.63, 3.8) is 0 Å². The average Bonchev–Trinajstić information content (AvgIpc) is 2.55. The highest BCUT2D eigenvalue weighted by Gasteiger charge is 2.23. The van der Waals surface area contributed by atoms with Crippen LogP contribution in [0.1, 0.15) is 23.6 Å². The average molecular weight is 309 g/mol. The molecule has 0 saturated carbocycles. The highest BCUT2D eigenvalue weighted by Crippen LogP contribution is 2.41. The van der Waals surface area contributed by atoms with E-state index in [4.69, 9.17) is 9.47 Å². The quantitative estimate of drug-likeness (QED) is 0.848. The molecular weight excluding hydrogens is 286 g/mol. The monoisotopic (exact) mass is 309 g/mol. The van der Waals surface area contributed by atoms with E-state index < -0.39 is 0 Å². The molecule has 2 aromatic rings. The maximum atomic E-state index is 6.38. The third-order valence-corrected chi connectivity index (χ3v) is 4.08. The molecule has 0 aromatic heterocycles. The van der Waals surface area contributed by atoms with Crippen LogP contribution in [0.25, 0.3) is 5.76 Å². The molecule has 0 unspecified atom stereocenters. The van der Waals surface area contributed by atoms with Crippen LogP contribution in [0.3, 0.4) is 0 Å². The van der Waals surface area contributed by atoms with Crippen LogP contribution in [0.15, 0.2) is 48.0 Å². The Morgan fingerprint density at radius 1 is 1.09 bits per heavy atom. The Kier molecular flexibility index (Phi) is 4.39. The topological polar surface area (TPSA) is 21.7 Å². The summed E-state index contributed by atoms with van der Waals surface area (Å²) in [5.41, 5.74) is 4.70. The fraction of sp³-hybridized carbons (Fsp3) is 0.300. The molecule has 1 aliphatic rings. The van der Waals surface area contributed by atoms with Crippen molar-refractivity contribution in [3.8, 4) is 11.5 Å². The van der Waals surface area contributed by atoms with Crippen molar-refractivity contribution in [2.45, 2.75) is 19.9 Å². The molecule has 0 spiro atoms. The second-order valence-corrected chi connectivity index (χ2v) is 6.23. The predicted molar refractivity (Wildman–Crippen MR) is 93.8 cm³/mol. The molecule has 0 radical (unpaired) electrons. The number of fused-ring (bicyclic) bond motifs is 1. The number of nitrogens with zero attached hydrogens (tertiary/aromatic N) is 1. The van der Waals surface area contributed by atoms with Gasteiger partial charge in [0, 0.05) is 18.5 Å². The first kappa shape index (κ1) is 15.6. The van der Waals surface area contributed by atoms with Gasteiger partial charge >= 0.3 is 0 Å². The second-order valence-electron chi connectivity index (χ2n) is 6.23. The molecule has 3 rings (SSSR count). The van der Waals surface area contributed by atoms with Gasteiger partial charge in [-0.3, -0.25) is 0 Å². The van der Waals surface area contributed by atoms with Gasteiger partial charge in [-0.1, -0.05) is 36.4 Å². The molecule has 120 valence electrons. The van der Waals surface area contributed by atoms with E-state index in [0.717, 1.165) is 41.4 Å². The van der Waals surface area contributed by atoms with Crippen LogP contribution in [-0.4, -0.2) is 26.1 Å². The number of allylic oxidation sites excluding steroid dienone is 1. The Morgan fingerprint density at radius 2 is 1.83 bits per heavy atom. The molecule has 0 aliphatic carbocycles. The van der Waals surface area contributed by atoms with E-state index in [1.807, 2.05) is 24.3 Å². The van der Waals surface area contributed by atoms with Gasteiger partial charge in [0.15, 0.2) is 0 Å². The molecule has 2 aromatic carbocycles. The minimum atomic E-state index is 0.785. The Labute approximate surface area is 138 Å². The largest absolute Gasteiger partial charge is 0.496 e. The highest BCUT2D eigenvalue weighted by molar-refractivity contribution is 5.70. The van der Waals surface area contributed by atoms with Gasteiger partial charge < -0.3 is 14.4 Å². The first-order valence-corrected chi connectivity index (χ1v) is 7.86. The Hall–Kier alpha value is -2.26. The molecule has 0 atom stereocenters. The van der Waals surface area contributed by atoms with Gasteiger partial charge in [0.05, 0.1) is 12.7 Å². The molecule has 3 nitrogen and oxygen atoms in total. The summed E-state index contributed by atoms with van der Waals surface area (Å²) in [4.78, 5) is 2.13. The number of hydrogen-bond acceptors (Lipinski definition) is 3. The Balaban J connectivity index is 2.06. The number of ether oxygens (including phenoxy) is 2. The number of rotatable bonds is 4. The van der Waals surface area contributed by atoms with Crippen LogP contribution in [0.5, 0.6) is 11.5 Å². The maximum Gasteiger partial charge on any atom is 0.139 e. The van der Waals surface area contributed by atoms with Crippen LogP contribution in [0.2, 0.25) is 0 Å². The van der Waals surface area contributed by atoms with Gasteiger partial charge in [0.25, 0.3) is 0 Å². The third-order valence-electron chi connectivity index (χ3n) is 4.08. The zero-order valence-electron chi connectivity index (χ0n) is 14.2. The molecule has 3 heteroatoms. The molecule has 1 aliphatic heterocycles. The summed E-state index contributed by atoms with van der Waals surface area (Å²) in [6.07, 6.45) is 0.907. The zero-order chi connectivity index (χ0) is 16.4. The molecule has 0 fully saturated rings. The second kappa shape index (κ2) is 6.47. The van der Waals surface area contributed by atoms with E-state index in [2.05, 4.69) is 44.1 Å². The first-order valence-electron chi connectivity index (χ1n) is 7.86. The summed E-state index contributed by atoms with van der Waals surface area (Å²) < 4.78 is 11.9. The van der Waals surface area contributed by atoms with Crippen molar-refractivity contribution >= 4 is 5.76 Å². The van der Waals surface area contributed by atoms with Crippen molar-refractivity contribution < 1.29 is 9.47 Å². The lowest BCUT2D eigenvalue weighted by atomic mass is 9.96. The van der Waals surface area contributed by atoms with Gasteiger partial charge in [-0.25, -0.2) is 0 Å². The fourth-order valence-corrected chi connectivity index (χ4v) is 3.03. The van der Waals surface area contributed by atoms with E-state index >= 15 is 0 Å². The van der Waals surface area contributed by atoms with Gasteiger partial charge in [-0.2, -0.15) is 0 Å². The molecule has 0 amide bonds. The number of hydrogen-bond donors (Lipinski definition) is 0. The maximum absolute atomic E-state index is 6.38. The standard InChI is InChI=1S/C20H23NO2/c1-14-12-16-10-11-18(22-4)17(13-21(2)3)20(16)23-19(14)15-8-6-5-7-9-15/h5-11H,12-13H2,1-4H3. The lowest BCUT2D eigenvalue weighted by Crippen LogP contribution is -2.16. The third kappa shape index (κ3) is 3.10. The summed E-state index contributed by atoms with van der Waals surface area (Å²) in [7, 11) is 5.82. The van der Waals surface area contributed by atoms with Gasteiger partial charge in [0.1, 0.15) is 17.3 Å². The fourth-order valence-electron chi connectivity index (χ4n) is 3.03. The molecule has 0 N–H and O–H groups in total. The molecule has 0 saturated heterocycles. The SMILES string of the molecule is COc1ccc2c(c1CN(C)C)OC(c1ccccc1)=C(C)C2. The van der Waals surface area contributed by atoms with E-state index in [1.165, 1.54) is 11.1 Å². The highest BCUT2D eigenvalue weighted by atomic mass is 16.5. The smallest absolute Gasteiger partial charge is 0.139 e. The zero-order valence-corrected chi connectivity index (χ0v) is 14.2. The van der Waals surface area contributed by atoms with Crippen molar-refractivity contribution in [3.05, 3.63) is 64.7 Å². The summed E-state index contributed by atoms with van der Waals surface area (Å²) >= 11 is 0. The number of methoxy groups -OCH3 is 1. The van der Waals surface area contributed by atoms with Crippen LogP contribution < -0.4 is 9.47 Å². The van der Waals surface area contributed by atoms with Crippen molar-refractivity contribution in [2.75, 3.05) is 21.2 Å². The normalized spacial score (nSPS) is 13.8. The Bertz CT molecular complexity index is 733. The van der Waals surface area contributed by atoms with E-state index in [1.54, 1.807) is 7.11 Å². The van der Waals surface area contributed by atoms with Crippen molar-refractivity contribution in [2.24, 2.45) is 0 Å². The van der Waals surface area contributed by atoms with Crippen LogP contribution in [-0.2, 0) is 13.0 Å². The van der Waals surface area contributed by atoms with Crippen molar-refractivity contribution in [1.82, 2.24) is 4.90 Å². The summed E-state index contributed by atoms with van der Waals surface area (Å²) in [6, 6.07) is 14.4. The first-order chi connectivity index (χ1) is 11.1. The summed E-state index contributed by atoms with van der Waals surface area (Å²) in [5.74, 6) is 2.79. The van der Waals surface area contributed by atoms with Gasteiger partial charge in [-0.15, -0.1) is 0 Å². The van der Waals surface area contributed by atoms with E-state index in [9.17, 15) is 0 Å². The minimum Gasteiger partial charge on any atom is -0.496 e. The molecule has 1 heterocycles. The summed E-state index contributed by atoms with van der Waals surface area (Å²) in [5, 5.41) is 0. The van der Waals surface area contributed by atoms with Gasteiger partial charge in [-0.05, 0) is 38.2 Å². The van der Waals surface area contributed by atoms with E-state index in [0.29, 0.717) is 0 Å². The minimum absolute atomic E-state index is 0.785. The van der Waals surface area contributed by atoms with Crippen molar-refractivity contribution in [1.29, 1.82) is 0 Å². The molecular formula is C20H23NO2. The number of benzene rings is 2. The van der Waals surface area contributed by atoms with Crippen LogP contribution in [0.4, 0.5) is 0 Å².